The Morgan fingerprint density at radius 3 is 2.16 bits per heavy atom. The summed E-state index contributed by atoms with van der Waals surface area (Å²) in [5, 5.41) is 12.5. The van der Waals surface area contributed by atoms with Gasteiger partial charge in [-0.1, -0.05) is 32.4 Å². The van der Waals surface area contributed by atoms with E-state index in [1.54, 1.807) is 20.8 Å². The van der Waals surface area contributed by atoms with Crippen molar-refractivity contribution >= 4 is 44.1 Å². The predicted molar refractivity (Wildman–Crippen MR) is 113 cm³/mol. The number of carbonyl (C=O) groups excluding carboxylic acids is 1. The van der Waals surface area contributed by atoms with E-state index in [4.69, 9.17) is 11.6 Å². The fraction of sp³-hybridized carbons (Fsp3) is 0.316. The molecule has 1 atom stereocenters. The molecule has 176 valence electrons. The Morgan fingerprint density at radius 1 is 1.16 bits per heavy atom. The molecule has 0 aliphatic rings. The molecule has 2 aromatic rings. The summed E-state index contributed by atoms with van der Waals surface area (Å²) in [4.78, 5) is 11.7. The van der Waals surface area contributed by atoms with Gasteiger partial charge < -0.3 is 15.0 Å². The highest BCUT2D eigenvalue weighted by Crippen LogP contribution is 2.39. The van der Waals surface area contributed by atoms with Gasteiger partial charge in [-0.2, -0.15) is 13.2 Å². The van der Waals surface area contributed by atoms with E-state index < -0.39 is 53.4 Å². The number of halogens is 4. The number of phenols is 1. The Kier molecular flexibility index (Phi) is 7.06. The van der Waals surface area contributed by atoms with Crippen molar-refractivity contribution in [2.24, 2.45) is 0 Å². The third-order valence-corrected chi connectivity index (χ3v) is 7.14. The molecule has 0 spiro atoms. The van der Waals surface area contributed by atoms with E-state index in [1.807, 2.05) is 0 Å². The topological polar surface area (TPSA) is 121 Å². The van der Waals surface area contributed by atoms with E-state index >= 15 is 0 Å². The number of anilines is 1. The standard InChI is InChI=1S/C19H19ClF3NO6S2/c1-9-14(31(27)28)8-11(18(2,3)4)16(25)15(9)17(26)24-13-6-5-10(7-12(13)20)32(29,30)19(21,22)23/h5-8,25H,1-4H3,(H,24,26)(H,27,28). The van der Waals surface area contributed by atoms with Gasteiger partial charge >= 0.3 is 5.51 Å². The Hall–Kier alpha value is -2.15. The zero-order chi connectivity index (χ0) is 24.8. The van der Waals surface area contributed by atoms with Crippen LogP contribution in [0.2, 0.25) is 5.02 Å². The first-order chi connectivity index (χ1) is 14.4. The Bertz CT molecular complexity index is 1220. The molecule has 7 nitrogen and oxygen atoms in total. The molecule has 0 aliphatic carbocycles. The minimum Gasteiger partial charge on any atom is -0.507 e. The maximum atomic E-state index is 12.9. The van der Waals surface area contributed by atoms with Crippen molar-refractivity contribution in [2.75, 3.05) is 5.32 Å². The Balaban J connectivity index is 2.57. The molecule has 0 saturated heterocycles. The lowest BCUT2D eigenvalue weighted by Crippen LogP contribution is -2.23. The van der Waals surface area contributed by atoms with E-state index in [0.29, 0.717) is 12.1 Å². The number of nitrogens with one attached hydrogen (secondary N) is 1. The second-order valence-corrected chi connectivity index (χ2v) is 11.1. The molecule has 0 saturated carbocycles. The van der Waals surface area contributed by atoms with Crippen LogP contribution in [0.1, 0.15) is 42.3 Å². The summed E-state index contributed by atoms with van der Waals surface area (Å²) in [5.74, 6) is -1.42. The van der Waals surface area contributed by atoms with Crippen LogP contribution < -0.4 is 5.32 Å². The molecular weight excluding hydrogens is 495 g/mol. The molecule has 2 aromatic carbocycles. The molecule has 2 rings (SSSR count). The summed E-state index contributed by atoms with van der Waals surface area (Å²) in [7, 11) is -5.65. The van der Waals surface area contributed by atoms with Crippen molar-refractivity contribution in [2.45, 2.75) is 48.4 Å². The summed E-state index contributed by atoms with van der Waals surface area (Å²) < 4.78 is 82.6. The molecule has 0 aliphatic heterocycles. The summed E-state index contributed by atoms with van der Waals surface area (Å²) in [6.07, 6.45) is 0. The summed E-state index contributed by atoms with van der Waals surface area (Å²) in [6.45, 7) is 6.46. The molecular formula is C19H19ClF3NO6S2. The fourth-order valence-corrected chi connectivity index (χ4v) is 4.52. The molecule has 0 fully saturated rings. The number of rotatable bonds is 4. The van der Waals surface area contributed by atoms with Crippen LogP contribution in [0.5, 0.6) is 5.75 Å². The number of carbonyl (C=O) groups is 1. The van der Waals surface area contributed by atoms with Gasteiger partial charge in [-0.15, -0.1) is 0 Å². The molecule has 1 unspecified atom stereocenters. The third-order valence-electron chi connectivity index (χ3n) is 4.54. The van der Waals surface area contributed by atoms with Crippen LogP contribution >= 0.6 is 11.6 Å². The van der Waals surface area contributed by atoms with Gasteiger partial charge in [0.05, 0.1) is 26.1 Å². The van der Waals surface area contributed by atoms with E-state index in [0.717, 1.165) is 6.07 Å². The van der Waals surface area contributed by atoms with Crippen molar-refractivity contribution in [1.82, 2.24) is 0 Å². The number of amides is 1. The van der Waals surface area contributed by atoms with Gasteiger partial charge in [0.2, 0.25) is 0 Å². The van der Waals surface area contributed by atoms with Crippen molar-refractivity contribution in [3.63, 3.8) is 0 Å². The van der Waals surface area contributed by atoms with Gasteiger partial charge in [-0.25, -0.2) is 12.6 Å². The number of benzene rings is 2. The maximum absolute atomic E-state index is 12.9. The van der Waals surface area contributed by atoms with Crippen LogP contribution in [-0.2, 0) is 26.3 Å². The van der Waals surface area contributed by atoms with Crippen LogP contribution in [0, 0.1) is 6.92 Å². The number of hydrogen-bond donors (Lipinski definition) is 3. The van der Waals surface area contributed by atoms with Crippen LogP contribution in [0.25, 0.3) is 0 Å². The molecule has 13 heteroatoms. The first kappa shape index (κ1) is 26.1. The lowest BCUT2D eigenvalue weighted by molar-refractivity contribution is -0.0436. The van der Waals surface area contributed by atoms with Gasteiger partial charge in [0.25, 0.3) is 15.7 Å². The van der Waals surface area contributed by atoms with Crippen LogP contribution in [0.4, 0.5) is 18.9 Å². The fourth-order valence-electron chi connectivity index (χ4n) is 2.86. The first-order valence-electron chi connectivity index (χ1n) is 8.79. The number of phenolic OH excluding ortho intramolecular Hbond substituents is 1. The van der Waals surface area contributed by atoms with Gasteiger partial charge in [0.15, 0.2) is 11.1 Å². The first-order valence-corrected chi connectivity index (χ1v) is 11.8. The highest BCUT2D eigenvalue weighted by molar-refractivity contribution is 7.92. The lowest BCUT2D eigenvalue weighted by Gasteiger charge is -2.24. The third kappa shape index (κ3) is 4.92. The molecule has 0 bridgehead atoms. The summed E-state index contributed by atoms with van der Waals surface area (Å²) >= 11 is 3.40. The smallest absolute Gasteiger partial charge is 0.501 e. The van der Waals surface area contributed by atoms with Gasteiger partial charge in [0.1, 0.15) is 5.75 Å². The predicted octanol–water partition coefficient (Wildman–Crippen LogP) is 4.78. The van der Waals surface area contributed by atoms with Gasteiger partial charge in [-0.05, 0) is 42.2 Å². The molecule has 1 amide bonds. The monoisotopic (exact) mass is 513 g/mol. The molecule has 0 heterocycles. The van der Waals surface area contributed by atoms with E-state index in [-0.39, 0.29) is 27.3 Å². The average molecular weight is 514 g/mol. The zero-order valence-electron chi connectivity index (χ0n) is 17.2. The van der Waals surface area contributed by atoms with Crippen molar-refractivity contribution in [3.05, 3.63) is 46.0 Å². The number of hydrogen-bond acceptors (Lipinski definition) is 5. The SMILES string of the molecule is Cc1c(S(=O)O)cc(C(C)(C)C)c(O)c1C(=O)Nc1ccc(S(=O)(=O)C(F)(F)F)cc1Cl. The van der Waals surface area contributed by atoms with Gasteiger partial charge in [0, 0.05) is 5.56 Å². The Morgan fingerprint density at radius 2 is 1.72 bits per heavy atom. The number of alkyl halides is 3. The number of sulfone groups is 1. The molecule has 0 aromatic heterocycles. The van der Waals surface area contributed by atoms with E-state index in [1.165, 1.54) is 13.0 Å². The van der Waals surface area contributed by atoms with E-state index in [2.05, 4.69) is 5.32 Å². The minimum absolute atomic E-state index is 0.00113. The van der Waals surface area contributed by atoms with Crippen molar-refractivity contribution in [1.29, 1.82) is 0 Å². The Labute approximate surface area is 189 Å². The highest BCUT2D eigenvalue weighted by atomic mass is 35.5. The average Bonchev–Trinajstić information content (AvgIpc) is 2.61. The molecule has 3 N–H and O–H groups in total. The number of aromatic hydroxyl groups is 1. The lowest BCUT2D eigenvalue weighted by atomic mass is 9.84. The normalized spacial score (nSPS) is 13.7. The second-order valence-electron chi connectivity index (χ2n) is 7.81. The summed E-state index contributed by atoms with van der Waals surface area (Å²) in [5.41, 5.74) is -6.60. The van der Waals surface area contributed by atoms with E-state index in [9.17, 15) is 40.3 Å². The highest BCUT2D eigenvalue weighted by Gasteiger charge is 2.47. The van der Waals surface area contributed by atoms with Gasteiger partial charge in [-0.3, -0.25) is 4.79 Å². The van der Waals surface area contributed by atoms with Crippen molar-refractivity contribution < 1.29 is 40.3 Å². The second kappa shape index (κ2) is 8.65. The zero-order valence-corrected chi connectivity index (χ0v) is 19.6. The van der Waals surface area contributed by atoms with Crippen molar-refractivity contribution in [3.8, 4) is 5.75 Å². The maximum Gasteiger partial charge on any atom is 0.501 e. The van der Waals surface area contributed by atoms with Crippen LogP contribution in [-0.4, -0.2) is 33.7 Å². The van der Waals surface area contributed by atoms with Crippen LogP contribution in [0.15, 0.2) is 34.1 Å². The quantitative estimate of drug-likeness (QED) is 0.506. The molecule has 0 radical (unpaired) electrons. The largest absolute Gasteiger partial charge is 0.507 e. The summed E-state index contributed by atoms with van der Waals surface area (Å²) in [6, 6.07) is 3.33. The minimum atomic E-state index is -5.65. The van der Waals surface area contributed by atoms with Crippen LogP contribution in [0.3, 0.4) is 0 Å². The molecule has 32 heavy (non-hydrogen) atoms.